The summed E-state index contributed by atoms with van der Waals surface area (Å²) in [5, 5.41) is 26.2. The fraction of sp³-hybridized carbons (Fsp3) is 0.364. The standard InChI is InChI=1S/C11H14BrNO2/c1-7(13)3-2-4-8-5-9(12)6-10(14)11(8)15/h5-6,13-15H,2-4H2,1H3/i12-4. The van der Waals surface area contributed by atoms with Crippen LogP contribution in [0.3, 0.4) is 0 Å². The number of aromatic hydroxyl groups is 2. The van der Waals surface area contributed by atoms with Crippen molar-refractivity contribution in [1.82, 2.24) is 0 Å². The van der Waals surface area contributed by atoms with E-state index >= 15 is 0 Å². The van der Waals surface area contributed by atoms with Gasteiger partial charge in [0, 0.05) is 10.2 Å². The van der Waals surface area contributed by atoms with Gasteiger partial charge in [0.15, 0.2) is 11.5 Å². The van der Waals surface area contributed by atoms with Crippen LogP contribution in [0.4, 0.5) is 0 Å². The molecule has 0 aliphatic carbocycles. The highest BCUT2D eigenvalue weighted by Crippen LogP contribution is 2.33. The molecule has 1 rings (SSSR count). The van der Waals surface area contributed by atoms with Crippen molar-refractivity contribution in [3.63, 3.8) is 0 Å². The predicted molar refractivity (Wildman–Crippen MR) is 63.8 cm³/mol. The van der Waals surface area contributed by atoms with Gasteiger partial charge in [-0.3, -0.25) is 0 Å². The van der Waals surface area contributed by atoms with Crippen LogP contribution in [0.1, 0.15) is 25.3 Å². The summed E-state index contributed by atoms with van der Waals surface area (Å²) in [5.41, 5.74) is 1.34. The van der Waals surface area contributed by atoms with Crippen molar-refractivity contribution in [2.24, 2.45) is 0 Å². The maximum Gasteiger partial charge on any atom is 0.160 e. The minimum absolute atomic E-state index is 0.0548. The number of halogens is 1. The van der Waals surface area contributed by atoms with Crippen molar-refractivity contribution in [3.05, 3.63) is 22.2 Å². The lowest BCUT2D eigenvalue weighted by molar-refractivity contribution is 0.398. The smallest absolute Gasteiger partial charge is 0.160 e. The van der Waals surface area contributed by atoms with Crippen LogP contribution in [0.5, 0.6) is 11.5 Å². The molecule has 0 unspecified atom stereocenters. The second-order valence-electron chi connectivity index (χ2n) is 3.57. The number of phenols is 2. The summed E-state index contributed by atoms with van der Waals surface area (Å²) in [5.74, 6) is -0.160. The SMILES string of the molecule is CC(=N)CCCc1cc([76Br])cc(O)c1O. The van der Waals surface area contributed by atoms with Gasteiger partial charge in [-0.25, -0.2) is 0 Å². The third kappa shape index (κ3) is 3.55. The third-order valence-electron chi connectivity index (χ3n) is 2.13. The van der Waals surface area contributed by atoms with Gasteiger partial charge in [-0.1, -0.05) is 15.9 Å². The number of phenolic OH excluding ortho intramolecular Hbond substituents is 2. The van der Waals surface area contributed by atoms with Crippen LogP contribution >= 0.6 is 15.9 Å². The molecule has 0 radical (unpaired) electrons. The molecule has 0 saturated carbocycles. The third-order valence-corrected chi connectivity index (χ3v) is 2.59. The van der Waals surface area contributed by atoms with Crippen molar-refractivity contribution >= 4 is 21.6 Å². The van der Waals surface area contributed by atoms with Crippen molar-refractivity contribution < 1.29 is 10.2 Å². The first-order chi connectivity index (χ1) is 7.00. The molecule has 1 aromatic rings. The van der Waals surface area contributed by atoms with Crippen molar-refractivity contribution in [1.29, 1.82) is 5.41 Å². The van der Waals surface area contributed by atoms with Gasteiger partial charge in [0.2, 0.25) is 0 Å². The Morgan fingerprint density at radius 1 is 1.40 bits per heavy atom. The van der Waals surface area contributed by atoms with E-state index in [1.807, 2.05) is 0 Å². The molecular weight excluding hydrogens is 254 g/mol. The first kappa shape index (κ1) is 12.0. The van der Waals surface area contributed by atoms with E-state index in [-0.39, 0.29) is 11.5 Å². The Hall–Kier alpha value is -1.03. The van der Waals surface area contributed by atoms with Crippen LogP contribution < -0.4 is 0 Å². The molecule has 15 heavy (non-hydrogen) atoms. The van der Waals surface area contributed by atoms with Gasteiger partial charge in [0.25, 0.3) is 0 Å². The zero-order valence-electron chi connectivity index (χ0n) is 8.55. The van der Waals surface area contributed by atoms with E-state index in [0.29, 0.717) is 24.1 Å². The van der Waals surface area contributed by atoms with Crippen LogP contribution in [0, 0.1) is 5.41 Å². The summed E-state index contributed by atoms with van der Waals surface area (Å²) in [6, 6.07) is 3.25. The molecule has 3 N–H and O–H groups in total. The zero-order chi connectivity index (χ0) is 11.4. The maximum absolute atomic E-state index is 9.56. The molecule has 0 aliphatic rings. The highest BCUT2D eigenvalue weighted by atomic mass is 75.9. The molecule has 0 bridgehead atoms. The minimum atomic E-state index is -0.106. The Morgan fingerprint density at radius 3 is 2.67 bits per heavy atom. The predicted octanol–water partition coefficient (Wildman–Crippen LogP) is 3.22. The molecule has 0 saturated heterocycles. The van der Waals surface area contributed by atoms with E-state index < -0.39 is 0 Å². The molecule has 0 amide bonds. The van der Waals surface area contributed by atoms with Gasteiger partial charge in [0.1, 0.15) is 0 Å². The average Bonchev–Trinajstić information content (AvgIpc) is 2.12. The molecule has 4 heteroatoms. The summed E-state index contributed by atoms with van der Waals surface area (Å²) in [6.45, 7) is 1.76. The number of benzene rings is 1. The number of nitrogens with one attached hydrogen (secondary N) is 1. The Kier molecular flexibility index (Phi) is 4.15. The van der Waals surface area contributed by atoms with Crippen LogP contribution in [-0.2, 0) is 6.42 Å². The highest BCUT2D eigenvalue weighted by molar-refractivity contribution is 9.10. The average molecular weight is 268 g/mol. The molecule has 0 fully saturated rings. The molecule has 0 atom stereocenters. The Balaban J connectivity index is 2.72. The van der Waals surface area contributed by atoms with E-state index in [2.05, 4.69) is 15.9 Å². The zero-order valence-corrected chi connectivity index (χ0v) is 10.1. The fourth-order valence-corrected chi connectivity index (χ4v) is 1.87. The summed E-state index contributed by atoms with van der Waals surface area (Å²) in [4.78, 5) is 0. The van der Waals surface area contributed by atoms with Crippen LogP contribution in [0.25, 0.3) is 0 Å². The lowest BCUT2D eigenvalue weighted by atomic mass is 10.1. The lowest BCUT2D eigenvalue weighted by Crippen LogP contribution is -1.92. The quantitative estimate of drug-likeness (QED) is 0.580. The second kappa shape index (κ2) is 5.16. The van der Waals surface area contributed by atoms with Gasteiger partial charge in [0.05, 0.1) is 0 Å². The van der Waals surface area contributed by atoms with Gasteiger partial charge in [-0.05, 0) is 43.9 Å². The lowest BCUT2D eigenvalue weighted by Gasteiger charge is -2.06. The molecule has 0 spiro atoms. The van der Waals surface area contributed by atoms with E-state index in [4.69, 9.17) is 5.41 Å². The fourth-order valence-electron chi connectivity index (χ4n) is 1.37. The molecule has 82 valence electrons. The molecule has 0 aromatic heterocycles. The van der Waals surface area contributed by atoms with Gasteiger partial charge >= 0.3 is 0 Å². The first-order valence-corrected chi connectivity index (χ1v) is 5.54. The summed E-state index contributed by atoms with van der Waals surface area (Å²) >= 11 is 3.25. The Morgan fingerprint density at radius 2 is 2.07 bits per heavy atom. The van der Waals surface area contributed by atoms with E-state index in [1.165, 1.54) is 6.07 Å². The van der Waals surface area contributed by atoms with Gasteiger partial charge < -0.3 is 15.6 Å². The van der Waals surface area contributed by atoms with E-state index in [1.54, 1.807) is 13.0 Å². The minimum Gasteiger partial charge on any atom is -0.504 e. The summed E-state index contributed by atoms with van der Waals surface area (Å²) in [7, 11) is 0. The maximum atomic E-state index is 9.56. The van der Waals surface area contributed by atoms with Crippen molar-refractivity contribution in [2.45, 2.75) is 26.2 Å². The highest BCUT2D eigenvalue weighted by Gasteiger charge is 2.07. The normalized spacial score (nSPS) is 10.3. The molecule has 3 nitrogen and oxygen atoms in total. The number of aryl methyl sites for hydroxylation is 1. The van der Waals surface area contributed by atoms with Crippen molar-refractivity contribution in [2.75, 3.05) is 0 Å². The topological polar surface area (TPSA) is 64.3 Å². The molecule has 0 aliphatic heterocycles. The van der Waals surface area contributed by atoms with Crippen LogP contribution in [0.15, 0.2) is 16.6 Å². The largest absolute Gasteiger partial charge is 0.504 e. The van der Waals surface area contributed by atoms with Crippen LogP contribution in [0.2, 0.25) is 0 Å². The number of rotatable bonds is 4. The second-order valence-corrected chi connectivity index (χ2v) is 4.48. The first-order valence-electron chi connectivity index (χ1n) is 4.75. The molecule has 1 aromatic carbocycles. The van der Waals surface area contributed by atoms with Gasteiger partial charge in [-0.15, -0.1) is 0 Å². The molecule has 0 heterocycles. The Labute approximate surface area is 97.4 Å². The van der Waals surface area contributed by atoms with E-state index in [9.17, 15) is 10.2 Å². The Bertz CT molecular complexity index is 377. The van der Waals surface area contributed by atoms with E-state index in [0.717, 1.165) is 10.9 Å². The summed E-state index contributed by atoms with van der Waals surface area (Å²) in [6.07, 6.45) is 2.18. The molecular formula is C11H14BrNO2. The van der Waals surface area contributed by atoms with Crippen LogP contribution in [-0.4, -0.2) is 15.9 Å². The van der Waals surface area contributed by atoms with Crippen molar-refractivity contribution in [3.8, 4) is 11.5 Å². The number of hydrogen-bond donors (Lipinski definition) is 3. The van der Waals surface area contributed by atoms with Gasteiger partial charge in [-0.2, -0.15) is 0 Å². The monoisotopic (exact) mass is 268 g/mol. The number of hydrogen-bond acceptors (Lipinski definition) is 3. The summed E-state index contributed by atoms with van der Waals surface area (Å²) < 4.78 is 0.749.